The van der Waals surface area contributed by atoms with E-state index in [0.717, 1.165) is 22.0 Å². The molecule has 4 aromatic rings. The monoisotopic (exact) mass is 462 g/mol. The minimum atomic E-state index is -4.25. The largest absolute Gasteiger partial charge is 0.282 e. The first-order valence-corrected chi connectivity index (χ1v) is 12.9. The van der Waals surface area contributed by atoms with Gasteiger partial charge in [-0.2, -0.15) is 12.6 Å². The molecule has 0 atom stereocenters. The smallest absolute Gasteiger partial charge is 0.258 e. The Hall–Kier alpha value is -3.54. The summed E-state index contributed by atoms with van der Waals surface area (Å²) in [4.78, 5) is 10.4. The quantitative estimate of drug-likeness (QED) is 0.240. The van der Waals surface area contributed by atoms with Gasteiger partial charge in [-0.3, -0.25) is 10.1 Å². The predicted molar refractivity (Wildman–Crippen MR) is 128 cm³/mol. The molecule has 0 aromatic heterocycles. The lowest BCUT2D eigenvalue weighted by molar-refractivity contribution is -0.385. The highest BCUT2D eigenvalue weighted by Gasteiger charge is 2.31. The van der Waals surface area contributed by atoms with Crippen LogP contribution in [0.25, 0.3) is 0 Å². The Morgan fingerprint density at radius 3 is 1.50 bits per heavy atom. The third kappa shape index (κ3) is 4.13. The van der Waals surface area contributed by atoms with Gasteiger partial charge in [-0.05, 0) is 6.07 Å². The Labute approximate surface area is 186 Å². The lowest BCUT2D eigenvalue weighted by atomic mass is 10.3. The molecule has 0 heterocycles. The van der Waals surface area contributed by atoms with Crippen molar-refractivity contribution >= 4 is 38.7 Å². The van der Waals surface area contributed by atoms with E-state index >= 15 is 0 Å². The van der Waals surface area contributed by atoms with E-state index in [1.807, 2.05) is 91.0 Å². The van der Waals surface area contributed by atoms with E-state index in [-0.39, 0.29) is 10.6 Å². The summed E-state index contributed by atoms with van der Waals surface area (Å²) in [5, 5.41) is 13.5. The van der Waals surface area contributed by atoms with E-state index < -0.39 is 22.0 Å². The van der Waals surface area contributed by atoms with Crippen LogP contribution in [0, 0.1) is 10.1 Å². The molecule has 0 N–H and O–H groups in total. The molecule has 0 aliphatic rings. The van der Waals surface area contributed by atoms with Crippen LogP contribution < -0.4 is 15.9 Å². The Morgan fingerprint density at radius 2 is 1.09 bits per heavy atom. The molecular formula is C24H19N2O4PS. The Morgan fingerprint density at radius 1 is 0.656 bits per heavy atom. The molecule has 4 rings (SSSR count). The lowest BCUT2D eigenvalue weighted by Gasteiger charge is -2.26. The van der Waals surface area contributed by atoms with Crippen molar-refractivity contribution in [3.05, 3.63) is 125 Å². The third-order valence-corrected chi connectivity index (χ3v) is 10.8. The first-order valence-electron chi connectivity index (χ1n) is 9.73. The summed E-state index contributed by atoms with van der Waals surface area (Å²) in [5.41, 5.74) is -0.302. The van der Waals surface area contributed by atoms with Crippen molar-refractivity contribution in [3.8, 4) is 0 Å². The molecular weight excluding hydrogens is 443 g/mol. The average molecular weight is 462 g/mol. The maximum Gasteiger partial charge on any atom is 0.282 e. The van der Waals surface area contributed by atoms with Crippen molar-refractivity contribution in [2.24, 2.45) is 4.15 Å². The van der Waals surface area contributed by atoms with Gasteiger partial charge in [0, 0.05) is 28.0 Å². The topological polar surface area (TPSA) is 89.6 Å². The second-order valence-electron chi connectivity index (χ2n) is 6.95. The minimum absolute atomic E-state index is 0.209. The number of hydrogen-bond acceptors (Lipinski definition) is 4. The van der Waals surface area contributed by atoms with Crippen LogP contribution in [0.2, 0.25) is 0 Å². The summed E-state index contributed by atoms with van der Waals surface area (Å²) in [7, 11) is -7.26. The van der Waals surface area contributed by atoms with Gasteiger partial charge in [-0.15, -0.1) is 0 Å². The standard InChI is InChI=1S/C24H19N2O4PS/c27-26(28)20-11-10-18-24(19-20)32(29,30)25-31(21-12-4-1-5-13-21,22-14-6-2-7-15-22)23-16-8-3-9-17-23/h1-19H. The first-order chi connectivity index (χ1) is 15.4. The van der Waals surface area contributed by atoms with Crippen molar-refractivity contribution in [1.82, 2.24) is 0 Å². The van der Waals surface area contributed by atoms with Crippen LogP contribution >= 0.6 is 7.05 Å². The summed E-state index contributed by atoms with van der Waals surface area (Å²) in [6.07, 6.45) is 0. The highest BCUT2D eigenvalue weighted by Crippen LogP contribution is 2.48. The van der Waals surface area contributed by atoms with Crippen molar-refractivity contribution < 1.29 is 13.3 Å². The third-order valence-electron chi connectivity index (χ3n) is 4.95. The molecule has 0 amide bonds. The molecule has 0 radical (unpaired) electrons. The molecule has 0 spiro atoms. The SMILES string of the molecule is O=[N+]([O-])c1cccc(S(=O)(=O)N=P(c2ccccc2)(c2ccccc2)c2ccccc2)c1. The van der Waals surface area contributed by atoms with E-state index in [1.165, 1.54) is 18.2 Å². The zero-order valence-electron chi connectivity index (χ0n) is 16.9. The molecule has 0 unspecified atom stereocenters. The van der Waals surface area contributed by atoms with Gasteiger partial charge in [0.25, 0.3) is 15.7 Å². The summed E-state index contributed by atoms with van der Waals surface area (Å²) in [6, 6.07) is 33.0. The van der Waals surface area contributed by atoms with Crippen LogP contribution in [-0.4, -0.2) is 13.3 Å². The van der Waals surface area contributed by atoms with Crippen LogP contribution in [-0.2, 0) is 10.0 Å². The van der Waals surface area contributed by atoms with Crippen LogP contribution in [0.4, 0.5) is 5.69 Å². The first kappa shape index (κ1) is 21.7. The molecule has 0 saturated carbocycles. The minimum Gasteiger partial charge on any atom is -0.258 e. The van der Waals surface area contributed by atoms with Crippen LogP contribution in [0.5, 0.6) is 0 Å². The lowest BCUT2D eigenvalue weighted by Crippen LogP contribution is -2.26. The van der Waals surface area contributed by atoms with Gasteiger partial charge < -0.3 is 0 Å². The van der Waals surface area contributed by atoms with Crippen LogP contribution in [0.15, 0.2) is 124 Å². The molecule has 0 aliphatic heterocycles. The summed E-state index contributed by atoms with van der Waals surface area (Å²) in [6.45, 7) is 0. The number of non-ortho nitro benzene ring substituents is 1. The highest BCUT2D eigenvalue weighted by molar-refractivity contribution is 7.99. The Kier molecular flexibility index (Phi) is 6.04. The zero-order valence-corrected chi connectivity index (χ0v) is 18.6. The van der Waals surface area contributed by atoms with Crippen molar-refractivity contribution in [3.63, 3.8) is 0 Å². The molecule has 0 bridgehead atoms. The van der Waals surface area contributed by atoms with E-state index in [9.17, 15) is 18.5 Å². The number of nitrogens with zero attached hydrogens (tertiary/aromatic N) is 2. The number of hydrogen-bond donors (Lipinski definition) is 0. The molecule has 0 aliphatic carbocycles. The van der Waals surface area contributed by atoms with Gasteiger partial charge in [0.1, 0.15) is 0 Å². The summed E-state index contributed by atoms with van der Waals surface area (Å²) < 4.78 is 31.7. The van der Waals surface area contributed by atoms with Gasteiger partial charge in [-0.25, -0.2) is 0 Å². The van der Waals surface area contributed by atoms with Gasteiger partial charge in [0.05, 0.1) is 16.9 Å². The molecule has 0 saturated heterocycles. The highest BCUT2D eigenvalue weighted by atomic mass is 32.2. The second-order valence-corrected chi connectivity index (χ2v) is 11.8. The van der Waals surface area contributed by atoms with E-state index in [1.54, 1.807) is 0 Å². The van der Waals surface area contributed by atoms with Crippen LogP contribution in [0.1, 0.15) is 0 Å². The fourth-order valence-electron chi connectivity index (χ4n) is 3.49. The normalized spacial score (nSPS) is 11.6. The van der Waals surface area contributed by atoms with Crippen LogP contribution in [0.3, 0.4) is 0 Å². The number of sulfonamides is 1. The molecule has 4 aromatic carbocycles. The van der Waals surface area contributed by atoms with Crippen molar-refractivity contribution in [2.75, 3.05) is 0 Å². The maximum absolute atomic E-state index is 13.6. The van der Waals surface area contributed by atoms with E-state index in [4.69, 9.17) is 0 Å². The average Bonchev–Trinajstić information content (AvgIpc) is 2.84. The fourth-order valence-corrected chi connectivity index (χ4v) is 9.51. The fraction of sp³-hybridized carbons (Fsp3) is 0. The summed E-state index contributed by atoms with van der Waals surface area (Å²) in [5.74, 6) is 0. The number of rotatable bonds is 6. The number of benzene rings is 4. The van der Waals surface area contributed by atoms with Gasteiger partial charge in [0.2, 0.25) is 0 Å². The van der Waals surface area contributed by atoms with Gasteiger partial charge in [0.15, 0.2) is 0 Å². The molecule has 160 valence electrons. The predicted octanol–water partition coefficient (Wildman–Crippen LogP) is 4.46. The molecule has 0 fully saturated rings. The molecule has 32 heavy (non-hydrogen) atoms. The molecule has 8 heteroatoms. The van der Waals surface area contributed by atoms with E-state index in [0.29, 0.717) is 0 Å². The van der Waals surface area contributed by atoms with Crippen molar-refractivity contribution in [1.29, 1.82) is 0 Å². The summed E-state index contributed by atoms with van der Waals surface area (Å²) >= 11 is 0. The van der Waals surface area contributed by atoms with Gasteiger partial charge >= 0.3 is 0 Å². The molecule has 6 nitrogen and oxygen atoms in total. The Bertz CT molecular complexity index is 1300. The van der Waals surface area contributed by atoms with E-state index in [2.05, 4.69) is 4.15 Å². The second kappa shape index (κ2) is 8.91. The number of nitro benzene ring substituents is 1. The zero-order chi connectivity index (χ0) is 22.6. The number of nitro groups is 1. The maximum atomic E-state index is 13.6. The van der Waals surface area contributed by atoms with Gasteiger partial charge in [-0.1, -0.05) is 97.1 Å². The Balaban J connectivity index is 2.12. The van der Waals surface area contributed by atoms with Crippen molar-refractivity contribution in [2.45, 2.75) is 4.90 Å².